The number of nitrogens with one attached hydrogen (secondary N) is 1. The molecule has 3 rings (SSSR count). The number of hydrogen-bond acceptors (Lipinski definition) is 3. The van der Waals surface area contributed by atoms with Crippen LogP contribution in [0, 0.1) is 0 Å². The van der Waals surface area contributed by atoms with E-state index >= 15 is 0 Å². The average molecular weight is 259 g/mol. The van der Waals surface area contributed by atoms with Crippen LogP contribution in [0.5, 0.6) is 0 Å². The van der Waals surface area contributed by atoms with Crippen molar-refractivity contribution in [3.05, 3.63) is 35.4 Å². The molecule has 1 aliphatic carbocycles. The highest BCUT2D eigenvalue weighted by Gasteiger charge is 2.22. The van der Waals surface area contributed by atoms with Crippen LogP contribution in [-0.2, 0) is 4.74 Å². The minimum atomic E-state index is 0.0357. The van der Waals surface area contributed by atoms with E-state index in [0.717, 1.165) is 18.7 Å². The maximum Gasteiger partial charge on any atom is 0.165 e. The van der Waals surface area contributed by atoms with Gasteiger partial charge in [0.2, 0.25) is 0 Å². The van der Waals surface area contributed by atoms with Gasteiger partial charge in [0.25, 0.3) is 0 Å². The summed E-state index contributed by atoms with van der Waals surface area (Å²) < 4.78 is 5.60. The maximum absolute atomic E-state index is 12.3. The van der Waals surface area contributed by atoms with E-state index in [0.29, 0.717) is 18.9 Å². The van der Waals surface area contributed by atoms with E-state index in [1.165, 1.54) is 24.8 Å². The highest BCUT2D eigenvalue weighted by molar-refractivity contribution is 5.96. The summed E-state index contributed by atoms with van der Waals surface area (Å²) in [5.41, 5.74) is 2.18. The Hall–Kier alpha value is -1.19. The molecule has 1 unspecified atom stereocenters. The SMILES string of the molecule is O=C(CC1CNCCO1)c1cccc(C2CCC2)c1. The molecule has 2 aliphatic rings. The molecular weight excluding hydrogens is 238 g/mol. The van der Waals surface area contributed by atoms with Gasteiger partial charge in [0, 0.05) is 25.1 Å². The summed E-state index contributed by atoms with van der Waals surface area (Å²) in [6, 6.07) is 8.18. The van der Waals surface area contributed by atoms with E-state index in [4.69, 9.17) is 4.74 Å². The Kier molecular flexibility index (Phi) is 3.95. The molecule has 1 saturated carbocycles. The number of hydrogen-bond donors (Lipinski definition) is 1. The second-order valence-electron chi connectivity index (χ2n) is 5.58. The summed E-state index contributed by atoms with van der Waals surface area (Å²) >= 11 is 0. The quantitative estimate of drug-likeness (QED) is 0.844. The Labute approximate surface area is 114 Å². The molecule has 1 aromatic rings. The number of ketones is 1. The van der Waals surface area contributed by atoms with Gasteiger partial charge in [0.05, 0.1) is 12.7 Å². The van der Waals surface area contributed by atoms with Gasteiger partial charge in [-0.25, -0.2) is 0 Å². The largest absolute Gasteiger partial charge is 0.375 e. The molecule has 0 radical (unpaired) electrons. The van der Waals surface area contributed by atoms with Gasteiger partial charge < -0.3 is 10.1 Å². The Bertz CT molecular complexity index is 448. The number of morpholine rings is 1. The van der Waals surface area contributed by atoms with Crippen LogP contribution in [0.25, 0.3) is 0 Å². The van der Waals surface area contributed by atoms with Crippen LogP contribution >= 0.6 is 0 Å². The molecule has 1 aromatic carbocycles. The number of ether oxygens (including phenoxy) is 1. The number of carbonyl (C=O) groups is 1. The molecule has 19 heavy (non-hydrogen) atoms. The van der Waals surface area contributed by atoms with Crippen LogP contribution in [0.2, 0.25) is 0 Å². The van der Waals surface area contributed by atoms with Crippen LogP contribution in [-0.4, -0.2) is 31.6 Å². The Morgan fingerprint density at radius 2 is 2.26 bits per heavy atom. The lowest BCUT2D eigenvalue weighted by Gasteiger charge is -2.26. The van der Waals surface area contributed by atoms with Crippen molar-refractivity contribution < 1.29 is 9.53 Å². The summed E-state index contributed by atoms with van der Waals surface area (Å²) in [6.07, 6.45) is 4.39. The number of Topliss-reactive ketones (excluding diaryl/α,β-unsaturated/α-hetero) is 1. The topological polar surface area (TPSA) is 38.3 Å². The zero-order valence-electron chi connectivity index (χ0n) is 11.2. The van der Waals surface area contributed by atoms with Crippen molar-refractivity contribution in [1.29, 1.82) is 0 Å². The first-order valence-electron chi connectivity index (χ1n) is 7.28. The van der Waals surface area contributed by atoms with Gasteiger partial charge in [-0.2, -0.15) is 0 Å². The van der Waals surface area contributed by atoms with Crippen LogP contribution in [0.15, 0.2) is 24.3 Å². The first kappa shape index (κ1) is 12.8. The molecule has 2 fully saturated rings. The fourth-order valence-corrected chi connectivity index (χ4v) is 2.78. The predicted octanol–water partition coefficient (Wildman–Crippen LogP) is 2.52. The van der Waals surface area contributed by atoms with Crippen molar-refractivity contribution in [1.82, 2.24) is 5.32 Å². The highest BCUT2D eigenvalue weighted by atomic mass is 16.5. The maximum atomic E-state index is 12.3. The first-order chi connectivity index (χ1) is 9.33. The summed E-state index contributed by atoms with van der Waals surface area (Å²) in [7, 11) is 0. The fourth-order valence-electron chi connectivity index (χ4n) is 2.78. The summed E-state index contributed by atoms with van der Waals surface area (Å²) in [4.78, 5) is 12.3. The van der Waals surface area contributed by atoms with Crippen molar-refractivity contribution in [2.75, 3.05) is 19.7 Å². The average Bonchev–Trinajstić information content (AvgIpc) is 2.38. The lowest BCUT2D eigenvalue weighted by molar-refractivity contribution is 0.0240. The number of rotatable bonds is 4. The summed E-state index contributed by atoms with van der Waals surface area (Å²) in [5, 5.41) is 3.26. The van der Waals surface area contributed by atoms with Crippen LogP contribution in [0.3, 0.4) is 0 Å². The molecule has 1 saturated heterocycles. The first-order valence-corrected chi connectivity index (χ1v) is 7.28. The molecule has 0 amide bonds. The van der Waals surface area contributed by atoms with E-state index < -0.39 is 0 Å². The molecular formula is C16H21NO2. The smallest absolute Gasteiger partial charge is 0.165 e. The summed E-state index contributed by atoms with van der Waals surface area (Å²) in [5.74, 6) is 0.884. The zero-order chi connectivity index (χ0) is 13.1. The molecule has 0 spiro atoms. The Morgan fingerprint density at radius 3 is 2.95 bits per heavy atom. The van der Waals surface area contributed by atoms with E-state index in [1.54, 1.807) is 0 Å². The van der Waals surface area contributed by atoms with Gasteiger partial charge in [-0.3, -0.25) is 4.79 Å². The predicted molar refractivity (Wildman–Crippen MR) is 74.6 cm³/mol. The molecule has 3 heteroatoms. The van der Waals surface area contributed by atoms with E-state index in [9.17, 15) is 4.79 Å². The van der Waals surface area contributed by atoms with Crippen molar-refractivity contribution in [2.24, 2.45) is 0 Å². The van der Waals surface area contributed by atoms with Gasteiger partial charge in [0.15, 0.2) is 5.78 Å². The second kappa shape index (κ2) is 5.85. The van der Waals surface area contributed by atoms with E-state index in [1.807, 2.05) is 12.1 Å². The molecule has 0 bridgehead atoms. The third-order valence-corrected chi connectivity index (χ3v) is 4.20. The summed E-state index contributed by atoms with van der Waals surface area (Å²) in [6.45, 7) is 2.38. The minimum absolute atomic E-state index is 0.0357. The molecule has 102 valence electrons. The lowest BCUT2D eigenvalue weighted by atomic mass is 9.79. The Morgan fingerprint density at radius 1 is 1.37 bits per heavy atom. The molecule has 1 aliphatic heterocycles. The van der Waals surface area contributed by atoms with Crippen LogP contribution in [0.4, 0.5) is 0 Å². The Balaban J connectivity index is 1.65. The number of benzene rings is 1. The number of carbonyl (C=O) groups excluding carboxylic acids is 1. The highest BCUT2D eigenvalue weighted by Crippen LogP contribution is 2.36. The van der Waals surface area contributed by atoms with Crippen molar-refractivity contribution in [2.45, 2.75) is 37.7 Å². The van der Waals surface area contributed by atoms with Gasteiger partial charge in [0.1, 0.15) is 0 Å². The molecule has 1 heterocycles. The normalized spacial score (nSPS) is 23.9. The van der Waals surface area contributed by atoms with Crippen molar-refractivity contribution in [3.8, 4) is 0 Å². The van der Waals surface area contributed by atoms with Gasteiger partial charge in [-0.05, 0) is 30.4 Å². The second-order valence-corrected chi connectivity index (χ2v) is 5.58. The monoisotopic (exact) mass is 259 g/mol. The lowest BCUT2D eigenvalue weighted by Crippen LogP contribution is -2.39. The molecule has 1 N–H and O–H groups in total. The standard InChI is InChI=1S/C16H21NO2/c18-16(10-15-11-17-7-8-19-15)14-6-2-5-13(9-14)12-3-1-4-12/h2,5-6,9,12,15,17H,1,3-4,7-8,10-11H2. The van der Waals surface area contributed by atoms with E-state index in [2.05, 4.69) is 17.4 Å². The van der Waals surface area contributed by atoms with Crippen molar-refractivity contribution >= 4 is 5.78 Å². The zero-order valence-corrected chi connectivity index (χ0v) is 11.2. The minimum Gasteiger partial charge on any atom is -0.375 e. The van der Waals surface area contributed by atoms with Gasteiger partial charge in [-0.15, -0.1) is 0 Å². The molecule has 0 aromatic heterocycles. The van der Waals surface area contributed by atoms with Crippen LogP contribution in [0.1, 0.15) is 47.5 Å². The van der Waals surface area contributed by atoms with Crippen LogP contribution < -0.4 is 5.32 Å². The third-order valence-electron chi connectivity index (χ3n) is 4.20. The fraction of sp³-hybridized carbons (Fsp3) is 0.562. The molecule has 3 nitrogen and oxygen atoms in total. The van der Waals surface area contributed by atoms with Gasteiger partial charge in [-0.1, -0.05) is 24.6 Å². The van der Waals surface area contributed by atoms with E-state index in [-0.39, 0.29) is 11.9 Å². The van der Waals surface area contributed by atoms with Crippen molar-refractivity contribution in [3.63, 3.8) is 0 Å². The van der Waals surface area contributed by atoms with Gasteiger partial charge >= 0.3 is 0 Å². The molecule has 1 atom stereocenters. The third kappa shape index (κ3) is 3.04.